The molecule has 4 nitrogen and oxygen atoms in total. The Balaban J connectivity index is 1.62. The molecule has 4 heteroatoms. The van der Waals surface area contributed by atoms with E-state index in [1.54, 1.807) is 0 Å². The first-order chi connectivity index (χ1) is 12.3. The topological polar surface area (TPSA) is 74.6 Å². The number of hydrogen-bond donors (Lipinski definition) is 2. The van der Waals surface area contributed by atoms with E-state index in [2.05, 4.69) is 13.8 Å². The fourth-order valence-electron chi connectivity index (χ4n) is 7.41. The van der Waals surface area contributed by atoms with Crippen LogP contribution in [-0.2, 0) is 9.59 Å². The highest BCUT2D eigenvalue weighted by Crippen LogP contribution is 2.67. The van der Waals surface area contributed by atoms with Crippen LogP contribution >= 0.6 is 0 Å². The standard InChI is InChI=1S/C22H32O4/c1-21-10-8-17-20(16(21)5-3-13(21)4-6-19(25)26)18(24)12-14-11-15(23)7-9-22(14,17)2/h11,13,16-18,20,24H,3-10,12H2,1-2H3,(H,25,26)/t13-,16+,17+,18-,20+,21-,22+/m1/s1. The second-order valence-electron chi connectivity index (χ2n) is 9.87. The summed E-state index contributed by atoms with van der Waals surface area (Å²) in [5.41, 5.74) is 1.42. The molecular weight excluding hydrogens is 328 g/mol. The molecule has 0 heterocycles. The highest BCUT2D eigenvalue weighted by Gasteiger charge is 2.60. The van der Waals surface area contributed by atoms with E-state index in [9.17, 15) is 14.7 Å². The zero-order valence-electron chi connectivity index (χ0n) is 16.0. The van der Waals surface area contributed by atoms with Crippen molar-refractivity contribution < 1.29 is 19.8 Å². The summed E-state index contributed by atoms with van der Waals surface area (Å²) in [6.45, 7) is 4.69. The molecule has 26 heavy (non-hydrogen) atoms. The van der Waals surface area contributed by atoms with Crippen LogP contribution in [-0.4, -0.2) is 28.1 Å². The van der Waals surface area contributed by atoms with Gasteiger partial charge in [0, 0.05) is 12.8 Å². The molecule has 0 unspecified atom stereocenters. The van der Waals surface area contributed by atoms with E-state index in [4.69, 9.17) is 5.11 Å². The Kier molecular flexibility index (Phi) is 4.33. The van der Waals surface area contributed by atoms with Gasteiger partial charge in [-0.05, 0) is 85.5 Å². The van der Waals surface area contributed by atoms with Crippen LogP contribution in [0.2, 0.25) is 0 Å². The predicted octanol–water partition coefficient (Wildman–Crippen LogP) is 3.97. The largest absolute Gasteiger partial charge is 0.481 e. The zero-order valence-corrected chi connectivity index (χ0v) is 16.0. The highest BCUT2D eigenvalue weighted by molar-refractivity contribution is 5.91. The molecule has 0 radical (unpaired) electrons. The summed E-state index contributed by atoms with van der Waals surface area (Å²) in [5, 5.41) is 20.2. The normalized spacial score (nSPS) is 47.6. The minimum atomic E-state index is -0.697. The quantitative estimate of drug-likeness (QED) is 0.798. The first kappa shape index (κ1) is 18.2. The van der Waals surface area contributed by atoms with E-state index in [-0.39, 0.29) is 29.1 Å². The Hall–Kier alpha value is -1.16. The summed E-state index contributed by atoms with van der Waals surface area (Å²) in [6, 6.07) is 0. The van der Waals surface area contributed by atoms with Gasteiger partial charge in [0.1, 0.15) is 0 Å². The van der Waals surface area contributed by atoms with Gasteiger partial charge in [-0.1, -0.05) is 19.4 Å². The number of fused-ring (bicyclic) bond motifs is 5. The van der Waals surface area contributed by atoms with Crippen molar-refractivity contribution in [3.05, 3.63) is 11.6 Å². The van der Waals surface area contributed by atoms with Gasteiger partial charge in [-0.2, -0.15) is 0 Å². The second-order valence-corrected chi connectivity index (χ2v) is 9.87. The summed E-state index contributed by atoms with van der Waals surface area (Å²) in [7, 11) is 0. The SMILES string of the molecule is C[C@]12CC[C@H]3[C@@H]([C@H](O)CC4=CC(=O)CC[C@@]43C)[C@@H]1CC[C@@H]2CCC(=O)O. The van der Waals surface area contributed by atoms with Crippen molar-refractivity contribution in [3.8, 4) is 0 Å². The number of aliphatic hydroxyl groups is 1. The number of hydrogen-bond acceptors (Lipinski definition) is 3. The maximum atomic E-state index is 11.9. The van der Waals surface area contributed by atoms with Gasteiger partial charge in [0.2, 0.25) is 0 Å². The van der Waals surface area contributed by atoms with E-state index >= 15 is 0 Å². The molecule has 0 aliphatic heterocycles. The van der Waals surface area contributed by atoms with E-state index in [1.807, 2.05) is 6.08 Å². The van der Waals surface area contributed by atoms with Crippen LogP contribution < -0.4 is 0 Å². The van der Waals surface area contributed by atoms with E-state index in [1.165, 1.54) is 5.57 Å². The van der Waals surface area contributed by atoms with Crippen molar-refractivity contribution in [1.82, 2.24) is 0 Å². The summed E-state index contributed by atoms with van der Waals surface area (Å²) in [5.74, 6) is 1.25. The van der Waals surface area contributed by atoms with Crippen molar-refractivity contribution in [3.63, 3.8) is 0 Å². The third-order valence-corrected chi connectivity index (χ3v) is 8.89. The smallest absolute Gasteiger partial charge is 0.303 e. The molecule has 3 fully saturated rings. The van der Waals surface area contributed by atoms with Crippen LogP contribution in [0.4, 0.5) is 0 Å². The lowest BCUT2D eigenvalue weighted by Gasteiger charge is -2.59. The Morgan fingerprint density at radius 1 is 1.19 bits per heavy atom. The molecule has 4 rings (SSSR count). The highest BCUT2D eigenvalue weighted by atomic mass is 16.4. The van der Waals surface area contributed by atoms with Crippen LogP contribution in [0, 0.1) is 34.5 Å². The average Bonchev–Trinajstić information content (AvgIpc) is 2.91. The van der Waals surface area contributed by atoms with Gasteiger partial charge in [-0.25, -0.2) is 0 Å². The van der Waals surface area contributed by atoms with Crippen molar-refractivity contribution in [2.45, 2.75) is 77.7 Å². The summed E-state index contributed by atoms with van der Waals surface area (Å²) in [6.07, 6.45) is 9.18. The zero-order chi connectivity index (χ0) is 18.7. The van der Waals surface area contributed by atoms with Gasteiger partial charge in [-0.15, -0.1) is 0 Å². The van der Waals surface area contributed by atoms with E-state index < -0.39 is 5.97 Å². The molecule has 0 saturated heterocycles. The van der Waals surface area contributed by atoms with E-state index in [0.29, 0.717) is 36.5 Å². The molecule has 0 bridgehead atoms. The Bertz CT molecular complexity index is 653. The summed E-state index contributed by atoms with van der Waals surface area (Å²) in [4.78, 5) is 23.0. The molecule has 0 aromatic rings. The Morgan fingerprint density at radius 2 is 1.96 bits per heavy atom. The molecule has 0 aromatic heterocycles. The van der Waals surface area contributed by atoms with Crippen molar-refractivity contribution >= 4 is 11.8 Å². The monoisotopic (exact) mass is 360 g/mol. The number of carboxylic acids is 1. The number of ketones is 1. The molecule has 3 saturated carbocycles. The molecule has 4 aliphatic carbocycles. The lowest BCUT2D eigenvalue weighted by atomic mass is 9.46. The fourth-order valence-corrected chi connectivity index (χ4v) is 7.41. The van der Waals surface area contributed by atoms with Crippen molar-refractivity contribution in [2.24, 2.45) is 34.5 Å². The van der Waals surface area contributed by atoms with Crippen LogP contribution in [0.5, 0.6) is 0 Å². The lowest BCUT2D eigenvalue weighted by Crippen LogP contribution is -2.55. The van der Waals surface area contributed by atoms with Gasteiger partial charge in [0.15, 0.2) is 5.78 Å². The number of rotatable bonds is 3. The lowest BCUT2D eigenvalue weighted by molar-refractivity contribution is -0.138. The maximum absolute atomic E-state index is 11.9. The predicted molar refractivity (Wildman–Crippen MR) is 98.5 cm³/mol. The summed E-state index contributed by atoms with van der Waals surface area (Å²) >= 11 is 0. The Morgan fingerprint density at radius 3 is 2.69 bits per heavy atom. The van der Waals surface area contributed by atoms with Crippen molar-refractivity contribution in [2.75, 3.05) is 0 Å². The molecule has 0 spiro atoms. The minimum Gasteiger partial charge on any atom is -0.481 e. The minimum absolute atomic E-state index is 0.0677. The number of carbonyl (C=O) groups is 2. The second kappa shape index (κ2) is 6.19. The van der Waals surface area contributed by atoms with Crippen LogP contribution in [0.1, 0.15) is 71.6 Å². The van der Waals surface area contributed by atoms with Crippen LogP contribution in [0.25, 0.3) is 0 Å². The van der Waals surface area contributed by atoms with Gasteiger partial charge in [0.25, 0.3) is 0 Å². The van der Waals surface area contributed by atoms with Gasteiger partial charge >= 0.3 is 5.97 Å². The molecule has 144 valence electrons. The van der Waals surface area contributed by atoms with Gasteiger partial charge in [-0.3, -0.25) is 9.59 Å². The van der Waals surface area contributed by atoms with Crippen molar-refractivity contribution in [1.29, 1.82) is 0 Å². The number of aliphatic carboxylic acids is 1. The molecular formula is C22H32O4. The first-order valence-electron chi connectivity index (χ1n) is 10.4. The van der Waals surface area contributed by atoms with Crippen LogP contribution in [0.3, 0.4) is 0 Å². The average molecular weight is 360 g/mol. The third-order valence-electron chi connectivity index (χ3n) is 8.89. The molecule has 4 aliphatic rings. The molecule has 0 amide bonds. The number of carbonyl (C=O) groups excluding carboxylic acids is 1. The number of carboxylic acid groups (broad SMARTS) is 1. The van der Waals surface area contributed by atoms with E-state index in [0.717, 1.165) is 38.5 Å². The van der Waals surface area contributed by atoms with Crippen LogP contribution in [0.15, 0.2) is 11.6 Å². The number of aliphatic hydroxyl groups excluding tert-OH is 1. The molecule has 2 N–H and O–H groups in total. The fraction of sp³-hybridized carbons (Fsp3) is 0.818. The third kappa shape index (κ3) is 2.59. The summed E-state index contributed by atoms with van der Waals surface area (Å²) < 4.78 is 0. The Labute approximate surface area is 156 Å². The first-order valence-corrected chi connectivity index (χ1v) is 10.4. The maximum Gasteiger partial charge on any atom is 0.303 e. The van der Waals surface area contributed by atoms with Gasteiger partial charge in [0.05, 0.1) is 6.10 Å². The molecule has 7 atom stereocenters. The molecule has 0 aromatic carbocycles. The van der Waals surface area contributed by atoms with Gasteiger partial charge < -0.3 is 10.2 Å².